The molecule has 2 N–H and O–H groups in total. The summed E-state index contributed by atoms with van der Waals surface area (Å²) in [7, 11) is 0. The summed E-state index contributed by atoms with van der Waals surface area (Å²) in [6, 6.07) is 11.0. The van der Waals surface area contributed by atoms with Gasteiger partial charge in [-0.25, -0.2) is 0 Å². The van der Waals surface area contributed by atoms with E-state index in [0.29, 0.717) is 21.7 Å². The Labute approximate surface area is 215 Å². The number of hydrogen-bond acceptors (Lipinski definition) is 10. The van der Waals surface area contributed by atoms with E-state index in [0.717, 1.165) is 35.7 Å². The predicted octanol–water partition coefficient (Wildman–Crippen LogP) is 3.98. The maximum atomic E-state index is 12.3. The molecule has 5 rings (SSSR count). The molecule has 0 spiro atoms. The number of anilines is 2. The molecule has 4 heterocycles. The van der Waals surface area contributed by atoms with Gasteiger partial charge in [-0.1, -0.05) is 41.2 Å². The first-order valence-electron chi connectivity index (χ1n) is 11.7. The van der Waals surface area contributed by atoms with Crippen LogP contribution in [0.15, 0.2) is 48.8 Å². The Morgan fingerprint density at radius 1 is 0.750 bits per heavy atom. The van der Waals surface area contributed by atoms with E-state index in [9.17, 15) is 9.59 Å². The van der Waals surface area contributed by atoms with Gasteiger partial charge < -0.3 is 10.6 Å². The van der Waals surface area contributed by atoms with Gasteiger partial charge >= 0.3 is 0 Å². The lowest BCUT2D eigenvalue weighted by atomic mass is 9.82. The monoisotopic (exact) mass is 520 g/mol. The van der Waals surface area contributed by atoms with E-state index in [1.165, 1.54) is 22.7 Å². The van der Waals surface area contributed by atoms with E-state index >= 15 is 0 Å². The summed E-state index contributed by atoms with van der Waals surface area (Å²) in [6.45, 7) is 0. The van der Waals surface area contributed by atoms with Gasteiger partial charge in [0, 0.05) is 35.6 Å². The van der Waals surface area contributed by atoms with E-state index in [4.69, 9.17) is 0 Å². The van der Waals surface area contributed by atoms with Crippen molar-refractivity contribution in [2.45, 2.75) is 50.4 Å². The summed E-state index contributed by atoms with van der Waals surface area (Å²) in [5.41, 5.74) is 1.42. The summed E-state index contributed by atoms with van der Waals surface area (Å²) in [4.78, 5) is 33.0. The lowest BCUT2D eigenvalue weighted by Crippen LogP contribution is -2.14. The highest BCUT2D eigenvalue weighted by Gasteiger charge is 2.29. The summed E-state index contributed by atoms with van der Waals surface area (Å²) in [6.07, 6.45) is 7.67. The summed E-state index contributed by atoms with van der Waals surface area (Å²) in [5, 5.41) is 25.6. The van der Waals surface area contributed by atoms with Crippen LogP contribution in [0.25, 0.3) is 0 Å². The van der Waals surface area contributed by atoms with Gasteiger partial charge in [-0.05, 0) is 43.5 Å². The Morgan fingerprint density at radius 2 is 1.25 bits per heavy atom. The second kappa shape index (κ2) is 11.4. The van der Waals surface area contributed by atoms with Crippen LogP contribution in [0.3, 0.4) is 0 Å². The van der Waals surface area contributed by atoms with Crippen LogP contribution in [0.5, 0.6) is 0 Å². The zero-order chi connectivity index (χ0) is 24.7. The SMILES string of the molecule is O=C(Cc1ccccn1)Nc1nnc([C@@H]2CCC[C@@H](c3nnc(NC(=O)Cc4ccccn4)s3)C2)s1. The quantitative estimate of drug-likeness (QED) is 0.356. The van der Waals surface area contributed by atoms with Crippen molar-refractivity contribution < 1.29 is 9.59 Å². The molecule has 0 aliphatic heterocycles. The second-order valence-corrected chi connectivity index (χ2v) is 10.6. The van der Waals surface area contributed by atoms with Gasteiger partial charge in [0.05, 0.1) is 12.8 Å². The van der Waals surface area contributed by atoms with Crippen LogP contribution in [-0.4, -0.2) is 42.2 Å². The number of nitrogens with one attached hydrogen (secondary N) is 2. The first-order valence-corrected chi connectivity index (χ1v) is 13.3. The third kappa shape index (κ3) is 6.32. The lowest BCUT2D eigenvalue weighted by molar-refractivity contribution is -0.116. The molecule has 1 aliphatic carbocycles. The number of amides is 2. The van der Waals surface area contributed by atoms with Crippen LogP contribution in [0.4, 0.5) is 10.3 Å². The van der Waals surface area contributed by atoms with Crippen molar-refractivity contribution in [1.29, 1.82) is 0 Å². The van der Waals surface area contributed by atoms with Crippen LogP contribution >= 0.6 is 22.7 Å². The molecule has 0 saturated heterocycles. The highest BCUT2D eigenvalue weighted by molar-refractivity contribution is 7.15. The highest BCUT2D eigenvalue weighted by Crippen LogP contribution is 2.43. The number of carbonyl (C=O) groups excluding carboxylic acids is 2. The molecule has 36 heavy (non-hydrogen) atoms. The maximum absolute atomic E-state index is 12.3. The largest absolute Gasteiger partial charge is 0.300 e. The standard InChI is InChI=1S/C24H24N8O2S2/c33-19(13-17-8-1-3-10-25-17)27-23-31-29-21(35-23)15-6-5-7-16(12-15)22-30-32-24(36-22)28-20(34)14-18-9-2-4-11-26-18/h1-4,8-11,15-16H,5-7,12-14H2,(H,27,31,33)(H,28,32,34)/t15-,16-/m1/s1. The molecule has 2 amide bonds. The normalized spacial score (nSPS) is 17.4. The fraction of sp³-hybridized carbons (Fsp3) is 0.333. The van der Waals surface area contributed by atoms with Gasteiger partial charge in [-0.3, -0.25) is 19.6 Å². The highest BCUT2D eigenvalue weighted by atomic mass is 32.1. The predicted molar refractivity (Wildman–Crippen MR) is 137 cm³/mol. The van der Waals surface area contributed by atoms with Gasteiger partial charge in [-0.15, -0.1) is 20.4 Å². The van der Waals surface area contributed by atoms with Crippen molar-refractivity contribution in [3.8, 4) is 0 Å². The molecule has 184 valence electrons. The molecule has 10 nitrogen and oxygen atoms in total. The molecule has 2 atom stereocenters. The first kappa shape index (κ1) is 24.1. The smallest absolute Gasteiger partial charge is 0.232 e. The van der Waals surface area contributed by atoms with Gasteiger partial charge in [0.1, 0.15) is 10.0 Å². The number of nitrogens with zero attached hydrogens (tertiary/aromatic N) is 6. The van der Waals surface area contributed by atoms with E-state index in [2.05, 4.69) is 41.0 Å². The Balaban J connectivity index is 1.15. The number of hydrogen-bond donors (Lipinski definition) is 2. The minimum atomic E-state index is -0.163. The van der Waals surface area contributed by atoms with E-state index in [1.807, 2.05) is 36.4 Å². The third-order valence-corrected chi connectivity index (χ3v) is 7.88. The van der Waals surface area contributed by atoms with Crippen LogP contribution in [0, 0.1) is 0 Å². The topological polar surface area (TPSA) is 136 Å². The van der Waals surface area contributed by atoms with Crippen LogP contribution in [-0.2, 0) is 22.4 Å². The molecular weight excluding hydrogens is 496 g/mol. The zero-order valence-corrected chi connectivity index (χ0v) is 21.0. The summed E-state index contributed by atoms with van der Waals surface area (Å²) in [5.74, 6) is 0.163. The molecule has 0 bridgehead atoms. The van der Waals surface area contributed by atoms with Gasteiger partial charge in [0.15, 0.2) is 0 Å². The minimum absolute atomic E-state index is 0.163. The first-order chi connectivity index (χ1) is 17.6. The van der Waals surface area contributed by atoms with Crippen molar-refractivity contribution in [2.75, 3.05) is 10.6 Å². The van der Waals surface area contributed by atoms with E-state index in [1.54, 1.807) is 12.4 Å². The van der Waals surface area contributed by atoms with E-state index < -0.39 is 0 Å². The van der Waals surface area contributed by atoms with Crippen molar-refractivity contribution in [3.63, 3.8) is 0 Å². The average Bonchev–Trinajstić information content (AvgIpc) is 3.55. The lowest BCUT2D eigenvalue weighted by Gasteiger charge is -2.25. The molecule has 0 aromatic carbocycles. The van der Waals surface area contributed by atoms with Gasteiger partial charge in [0.2, 0.25) is 22.1 Å². The number of rotatable bonds is 8. The minimum Gasteiger partial charge on any atom is -0.300 e. The summed E-state index contributed by atoms with van der Waals surface area (Å²) < 4.78 is 0. The van der Waals surface area contributed by atoms with Crippen LogP contribution in [0.2, 0.25) is 0 Å². The molecule has 0 radical (unpaired) electrons. The molecule has 4 aromatic rings. The fourth-order valence-corrected chi connectivity index (χ4v) is 6.01. The number of carbonyl (C=O) groups is 2. The Hall–Kier alpha value is -3.64. The molecular formula is C24H24N8O2S2. The van der Waals surface area contributed by atoms with Crippen molar-refractivity contribution in [2.24, 2.45) is 0 Å². The van der Waals surface area contributed by atoms with Crippen molar-refractivity contribution >= 4 is 44.8 Å². The number of pyridine rings is 2. The molecule has 4 aromatic heterocycles. The van der Waals surface area contributed by atoms with Gasteiger partial charge in [0.25, 0.3) is 0 Å². The number of aromatic nitrogens is 6. The van der Waals surface area contributed by atoms with Crippen LogP contribution < -0.4 is 10.6 Å². The Morgan fingerprint density at radius 3 is 1.69 bits per heavy atom. The molecule has 0 unspecified atom stereocenters. The molecule has 1 fully saturated rings. The maximum Gasteiger partial charge on any atom is 0.232 e. The van der Waals surface area contributed by atoms with E-state index in [-0.39, 0.29) is 36.5 Å². The van der Waals surface area contributed by atoms with Gasteiger partial charge in [-0.2, -0.15) is 0 Å². The Bertz CT molecular complexity index is 1210. The molecule has 1 aliphatic rings. The van der Waals surface area contributed by atoms with Crippen molar-refractivity contribution in [1.82, 2.24) is 30.4 Å². The third-order valence-electron chi connectivity index (χ3n) is 5.88. The Kier molecular flexibility index (Phi) is 7.62. The summed E-state index contributed by atoms with van der Waals surface area (Å²) >= 11 is 2.84. The van der Waals surface area contributed by atoms with Crippen LogP contribution in [0.1, 0.15) is 58.9 Å². The average molecular weight is 521 g/mol. The fourth-order valence-electron chi connectivity index (χ4n) is 4.20. The van der Waals surface area contributed by atoms with Crippen molar-refractivity contribution in [3.05, 3.63) is 70.2 Å². The zero-order valence-electron chi connectivity index (χ0n) is 19.3. The second-order valence-electron chi connectivity index (χ2n) is 8.54. The molecule has 1 saturated carbocycles. The molecule has 12 heteroatoms.